The van der Waals surface area contributed by atoms with Crippen molar-refractivity contribution in [3.63, 3.8) is 0 Å². The maximum Gasteiger partial charge on any atom is 0.239 e. The maximum atomic E-state index is 11.1. The van der Waals surface area contributed by atoms with Gasteiger partial charge in [0.2, 0.25) is 10.0 Å². The molecule has 0 saturated heterocycles. The second-order valence-corrected chi connectivity index (χ2v) is 5.00. The molecule has 13 heavy (non-hydrogen) atoms. The summed E-state index contributed by atoms with van der Waals surface area (Å²) in [5.74, 6) is 1.04. The molecule has 1 aromatic rings. The molecular weight excluding hydrogens is 210 g/mol. The summed E-state index contributed by atoms with van der Waals surface area (Å²) >= 11 is 1.34. The number of hydrogen-bond acceptors (Lipinski definition) is 4. The normalized spacial score (nSPS) is 15.2. The molecule has 1 aliphatic heterocycles. The van der Waals surface area contributed by atoms with E-state index >= 15 is 0 Å². The third-order valence-electron chi connectivity index (χ3n) is 1.67. The Morgan fingerprint density at radius 1 is 1.46 bits per heavy atom. The van der Waals surface area contributed by atoms with Crippen LogP contribution < -0.4 is 9.88 Å². The zero-order chi connectivity index (χ0) is 9.47. The van der Waals surface area contributed by atoms with Crippen molar-refractivity contribution in [1.82, 2.24) is 0 Å². The lowest BCUT2D eigenvalue weighted by Crippen LogP contribution is -2.12. The molecule has 2 rings (SSSR count). The van der Waals surface area contributed by atoms with E-state index < -0.39 is 10.0 Å². The minimum atomic E-state index is -3.63. The van der Waals surface area contributed by atoms with Crippen LogP contribution in [0.15, 0.2) is 28.0 Å². The van der Waals surface area contributed by atoms with Crippen molar-refractivity contribution in [2.75, 3.05) is 5.94 Å². The Labute approximate surface area is 80.1 Å². The lowest BCUT2D eigenvalue weighted by molar-refractivity contribution is 0.396. The number of ether oxygens (including phenoxy) is 1. The lowest BCUT2D eigenvalue weighted by Gasteiger charge is -2.02. The Bertz CT molecular complexity index is 441. The first-order chi connectivity index (χ1) is 6.09. The van der Waals surface area contributed by atoms with E-state index in [1.165, 1.54) is 17.8 Å². The molecule has 0 amide bonds. The molecule has 6 heteroatoms. The summed E-state index contributed by atoms with van der Waals surface area (Å²) in [6.45, 7) is 0. The molecule has 0 bridgehead atoms. The topological polar surface area (TPSA) is 69.4 Å². The molecule has 2 N–H and O–H groups in total. The number of nitrogens with two attached hydrogens (primary N) is 1. The Hall–Kier alpha value is -0.720. The Morgan fingerprint density at radius 3 is 2.92 bits per heavy atom. The van der Waals surface area contributed by atoms with Crippen molar-refractivity contribution >= 4 is 21.8 Å². The van der Waals surface area contributed by atoms with Gasteiger partial charge in [0.1, 0.15) is 11.7 Å². The smallest absolute Gasteiger partial charge is 0.239 e. The maximum absolute atomic E-state index is 11.1. The van der Waals surface area contributed by atoms with Crippen LogP contribution in [0.5, 0.6) is 5.75 Å². The van der Waals surface area contributed by atoms with Crippen LogP contribution >= 0.6 is 11.8 Å². The van der Waals surface area contributed by atoms with E-state index in [0.717, 1.165) is 0 Å². The summed E-state index contributed by atoms with van der Waals surface area (Å²) in [6, 6.07) is 4.82. The molecule has 4 nitrogen and oxygen atoms in total. The first-order valence-corrected chi connectivity index (χ1v) is 6.03. The average Bonchev–Trinajstić information content (AvgIpc) is 2.48. The van der Waals surface area contributed by atoms with Gasteiger partial charge in [-0.1, -0.05) is 17.8 Å². The number of rotatable bonds is 1. The van der Waals surface area contributed by atoms with E-state index in [1.54, 1.807) is 12.1 Å². The highest BCUT2D eigenvalue weighted by molar-refractivity contribution is 8.00. The zero-order valence-corrected chi connectivity index (χ0v) is 8.19. The molecule has 1 aromatic carbocycles. The molecule has 0 unspecified atom stereocenters. The molecule has 0 spiro atoms. The van der Waals surface area contributed by atoms with Gasteiger partial charge in [0, 0.05) is 0 Å². The minimum absolute atomic E-state index is 0.146. The lowest BCUT2D eigenvalue weighted by atomic mass is 10.3. The summed E-state index contributed by atoms with van der Waals surface area (Å²) in [7, 11) is -3.63. The fourth-order valence-electron chi connectivity index (χ4n) is 1.13. The van der Waals surface area contributed by atoms with Crippen LogP contribution in [-0.4, -0.2) is 14.4 Å². The fraction of sp³-hybridized carbons (Fsp3) is 0.143. The summed E-state index contributed by atoms with van der Waals surface area (Å²) in [5.41, 5.74) is 0. The van der Waals surface area contributed by atoms with Crippen molar-refractivity contribution < 1.29 is 13.2 Å². The first kappa shape index (κ1) is 8.86. The molecule has 70 valence electrons. The third kappa shape index (κ3) is 1.52. The summed E-state index contributed by atoms with van der Waals surface area (Å²) in [5, 5.41) is 5.03. The largest absolute Gasteiger partial charge is 0.481 e. The van der Waals surface area contributed by atoms with Gasteiger partial charge in [-0.25, -0.2) is 13.6 Å². The van der Waals surface area contributed by atoms with Crippen LogP contribution in [0.4, 0.5) is 0 Å². The average molecular weight is 217 g/mol. The van der Waals surface area contributed by atoms with Crippen molar-refractivity contribution in [1.29, 1.82) is 0 Å². The Balaban J connectivity index is 2.67. The van der Waals surface area contributed by atoms with Gasteiger partial charge in [0.25, 0.3) is 0 Å². The molecule has 0 saturated carbocycles. The molecular formula is C7H7NO3S2. The fourth-order valence-corrected chi connectivity index (χ4v) is 3.06. The van der Waals surface area contributed by atoms with E-state index in [4.69, 9.17) is 9.88 Å². The van der Waals surface area contributed by atoms with Crippen molar-refractivity contribution in [3.8, 4) is 5.75 Å². The standard InChI is InChI=1S/C7H7NO3S2/c8-13(9,10)6-3-1-2-5-7(6)12-4-11-5/h1-3H,4H2,(H2,8,9,10). The van der Waals surface area contributed by atoms with Crippen LogP contribution in [0, 0.1) is 0 Å². The quantitative estimate of drug-likeness (QED) is 0.754. The number of primary sulfonamides is 1. The highest BCUT2D eigenvalue weighted by Gasteiger charge is 2.22. The summed E-state index contributed by atoms with van der Waals surface area (Å²) in [4.78, 5) is 0.762. The molecule has 1 heterocycles. The van der Waals surface area contributed by atoms with Crippen LogP contribution in [0.2, 0.25) is 0 Å². The van der Waals surface area contributed by atoms with E-state index in [9.17, 15) is 8.42 Å². The SMILES string of the molecule is NS(=O)(=O)c1cccc2c1SCO2. The predicted molar refractivity (Wildman–Crippen MR) is 49.2 cm³/mol. The monoisotopic (exact) mass is 217 g/mol. The van der Waals surface area contributed by atoms with Crippen LogP contribution in [0.3, 0.4) is 0 Å². The van der Waals surface area contributed by atoms with Crippen LogP contribution in [0.1, 0.15) is 0 Å². The van der Waals surface area contributed by atoms with Crippen LogP contribution in [-0.2, 0) is 10.0 Å². The third-order valence-corrected chi connectivity index (χ3v) is 3.69. The second-order valence-electron chi connectivity index (χ2n) is 2.53. The summed E-state index contributed by atoms with van der Waals surface area (Å²) in [6.07, 6.45) is 0. The molecule has 0 aliphatic carbocycles. The van der Waals surface area contributed by atoms with Crippen molar-refractivity contribution in [3.05, 3.63) is 18.2 Å². The number of thioether (sulfide) groups is 1. The molecule has 0 radical (unpaired) electrons. The van der Waals surface area contributed by atoms with Gasteiger partial charge in [-0.3, -0.25) is 0 Å². The van der Waals surface area contributed by atoms with Crippen molar-refractivity contribution in [2.45, 2.75) is 9.79 Å². The van der Waals surface area contributed by atoms with E-state index in [2.05, 4.69) is 0 Å². The molecule has 0 aromatic heterocycles. The van der Waals surface area contributed by atoms with Gasteiger partial charge in [-0.05, 0) is 12.1 Å². The van der Waals surface area contributed by atoms with Gasteiger partial charge in [-0.2, -0.15) is 0 Å². The van der Waals surface area contributed by atoms with Gasteiger partial charge in [0.05, 0.1) is 9.79 Å². The highest BCUT2D eigenvalue weighted by atomic mass is 32.2. The predicted octanol–water partition coefficient (Wildman–Crippen LogP) is 0.776. The van der Waals surface area contributed by atoms with E-state index in [-0.39, 0.29) is 4.90 Å². The number of hydrogen-bond donors (Lipinski definition) is 1. The van der Waals surface area contributed by atoms with Gasteiger partial charge >= 0.3 is 0 Å². The molecule has 0 atom stereocenters. The van der Waals surface area contributed by atoms with Gasteiger partial charge in [0.15, 0.2) is 0 Å². The molecule has 1 aliphatic rings. The Kier molecular flexibility index (Phi) is 1.98. The molecule has 0 fully saturated rings. The van der Waals surface area contributed by atoms with E-state index in [1.807, 2.05) is 0 Å². The van der Waals surface area contributed by atoms with E-state index in [0.29, 0.717) is 16.6 Å². The Morgan fingerprint density at radius 2 is 2.23 bits per heavy atom. The first-order valence-electron chi connectivity index (χ1n) is 3.50. The van der Waals surface area contributed by atoms with Gasteiger partial charge in [-0.15, -0.1) is 0 Å². The summed E-state index contributed by atoms with van der Waals surface area (Å²) < 4.78 is 27.4. The number of benzene rings is 1. The highest BCUT2D eigenvalue weighted by Crippen LogP contribution is 2.39. The minimum Gasteiger partial charge on any atom is -0.481 e. The number of fused-ring (bicyclic) bond motifs is 1. The second kappa shape index (κ2) is 2.90. The van der Waals surface area contributed by atoms with Crippen LogP contribution in [0.25, 0.3) is 0 Å². The zero-order valence-electron chi connectivity index (χ0n) is 6.56. The van der Waals surface area contributed by atoms with Crippen molar-refractivity contribution in [2.24, 2.45) is 5.14 Å². The number of sulfonamides is 1. The van der Waals surface area contributed by atoms with Gasteiger partial charge < -0.3 is 4.74 Å².